The van der Waals surface area contributed by atoms with E-state index in [0.717, 1.165) is 39.7 Å². The van der Waals surface area contributed by atoms with Gasteiger partial charge < -0.3 is 9.88 Å². The summed E-state index contributed by atoms with van der Waals surface area (Å²) < 4.78 is 2.00. The fraction of sp³-hybridized carbons (Fsp3) is 0.0800. The third-order valence-corrected chi connectivity index (χ3v) is 5.05. The van der Waals surface area contributed by atoms with Gasteiger partial charge in [-0.15, -0.1) is 0 Å². The van der Waals surface area contributed by atoms with E-state index in [1.807, 2.05) is 91.4 Å². The maximum atomic E-state index is 11.1. The molecule has 0 spiro atoms. The summed E-state index contributed by atoms with van der Waals surface area (Å²) in [6, 6.07) is 26.6. The van der Waals surface area contributed by atoms with Gasteiger partial charge in [0.1, 0.15) is 0 Å². The van der Waals surface area contributed by atoms with Crippen LogP contribution < -0.4 is 5.32 Å². The van der Waals surface area contributed by atoms with Crippen molar-refractivity contribution >= 4 is 29.0 Å². The van der Waals surface area contributed by atoms with Crippen molar-refractivity contribution < 1.29 is 4.92 Å². The molecule has 0 atom stereocenters. The fourth-order valence-electron chi connectivity index (χ4n) is 3.52. The number of nitrogens with one attached hydrogen (secondary N) is 1. The summed E-state index contributed by atoms with van der Waals surface area (Å²) in [5.74, 6) is 0. The van der Waals surface area contributed by atoms with Crippen molar-refractivity contribution in [2.24, 2.45) is 4.99 Å². The number of nitro groups is 1. The van der Waals surface area contributed by atoms with E-state index in [2.05, 4.69) is 10.3 Å². The van der Waals surface area contributed by atoms with Gasteiger partial charge in [0.05, 0.1) is 16.3 Å². The fourth-order valence-corrected chi connectivity index (χ4v) is 3.52. The van der Waals surface area contributed by atoms with Crippen molar-refractivity contribution in [1.29, 1.82) is 0 Å². The normalized spacial score (nSPS) is 11.0. The summed E-state index contributed by atoms with van der Waals surface area (Å²) >= 11 is 0. The summed E-state index contributed by atoms with van der Waals surface area (Å²) in [7, 11) is 0. The molecular formula is C25H22N4O2. The minimum absolute atomic E-state index is 0.0735. The van der Waals surface area contributed by atoms with Gasteiger partial charge in [0.2, 0.25) is 0 Å². The Balaban J connectivity index is 1.54. The predicted octanol–water partition coefficient (Wildman–Crippen LogP) is 6.50. The number of aliphatic imine (C=N–C) groups is 1. The van der Waals surface area contributed by atoms with Crippen LogP contribution in [0.25, 0.3) is 5.69 Å². The Morgan fingerprint density at radius 2 is 1.61 bits per heavy atom. The van der Waals surface area contributed by atoms with Gasteiger partial charge in [-0.2, -0.15) is 0 Å². The molecule has 0 fully saturated rings. The number of anilines is 2. The highest BCUT2D eigenvalue weighted by molar-refractivity contribution is 5.84. The molecule has 1 heterocycles. The Labute approximate surface area is 180 Å². The monoisotopic (exact) mass is 410 g/mol. The smallest absolute Gasteiger partial charge is 0.271 e. The van der Waals surface area contributed by atoms with Gasteiger partial charge in [-0.3, -0.25) is 15.1 Å². The van der Waals surface area contributed by atoms with Gasteiger partial charge >= 0.3 is 0 Å². The molecule has 0 bridgehead atoms. The molecule has 154 valence electrons. The first-order chi connectivity index (χ1) is 15.0. The number of non-ortho nitro benzene ring substituents is 1. The Morgan fingerprint density at radius 3 is 2.32 bits per heavy atom. The van der Waals surface area contributed by atoms with Crippen molar-refractivity contribution in [3.8, 4) is 5.69 Å². The van der Waals surface area contributed by atoms with Crippen LogP contribution >= 0.6 is 0 Å². The van der Waals surface area contributed by atoms with Gasteiger partial charge in [0.15, 0.2) is 0 Å². The van der Waals surface area contributed by atoms with Crippen molar-refractivity contribution in [2.75, 3.05) is 5.32 Å². The second-order valence-electron chi connectivity index (χ2n) is 7.23. The largest absolute Gasteiger partial charge is 0.356 e. The highest BCUT2D eigenvalue weighted by atomic mass is 16.6. The first-order valence-corrected chi connectivity index (χ1v) is 9.91. The topological polar surface area (TPSA) is 72.5 Å². The van der Waals surface area contributed by atoms with Crippen LogP contribution in [-0.2, 0) is 0 Å². The van der Waals surface area contributed by atoms with Crippen LogP contribution in [-0.4, -0.2) is 15.7 Å². The standard InChI is InChI=1S/C25H22N4O2/c1-18-15-20(19(2)28(18)24-9-6-10-25(16-24)29(30)31)17-26-21-11-13-23(14-12-21)27-22-7-4-3-5-8-22/h3-17,27H,1-2H3. The molecule has 0 unspecified atom stereocenters. The molecule has 0 aliphatic heterocycles. The Kier molecular flexibility index (Phi) is 5.62. The first-order valence-electron chi connectivity index (χ1n) is 9.91. The number of aryl methyl sites for hydroxylation is 1. The number of hydrogen-bond donors (Lipinski definition) is 1. The zero-order valence-corrected chi connectivity index (χ0v) is 17.3. The second kappa shape index (κ2) is 8.67. The molecule has 4 rings (SSSR count). The zero-order chi connectivity index (χ0) is 21.8. The molecule has 1 aromatic heterocycles. The van der Waals surface area contributed by atoms with E-state index in [1.54, 1.807) is 12.1 Å². The molecule has 6 heteroatoms. The summed E-state index contributed by atoms with van der Waals surface area (Å²) in [4.78, 5) is 15.3. The van der Waals surface area contributed by atoms with Crippen LogP contribution in [0.4, 0.5) is 22.7 Å². The summed E-state index contributed by atoms with van der Waals surface area (Å²) in [5.41, 5.74) is 6.64. The Hall–Kier alpha value is -4.19. The number of nitro benzene ring substituents is 1. The average Bonchev–Trinajstić information content (AvgIpc) is 3.07. The molecule has 0 amide bonds. The quantitative estimate of drug-likeness (QED) is 0.224. The molecule has 0 saturated heterocycles. The van der Waals surface area contributed by atoms with Crippen LogP contribution in [0, 0.1) is 24.0 Å². The van der Waals surface area contributed by atoms with E-state index >= 15 is 0 Å². The number of hydrogen-bond acceptors (Lipinski definition) is 4. The summed E-state index contributed by atoms with van der Waals surface area (Å²) in [6.07, 6.45) is 1.83. The third-order valence-electron chi connectivity index (χ3n) is 5.05. The van der Waals surface area contributed by atoms with Crippen molar-refractivity contribution in [3.05, 3.63) is 112 Å². The molecular weight excluding hydrogens is 388 g/mol. The Bertz CT molecular complexity index is 1240. The SMILES string of the molecule is Cc1cc(C=Nc2ccc(Nc3ccccc3)cc2)c(C)n1-c1cccc([N+](=O)[O-])c1. The Morgan fingerprint density at radius 1 is 0.903 bits per heavy atom. The lowest BCUT2D eigenvalue weighted by atomic mass is 10.2. The molecule has 1 N–H and O–H groups in total. The number of para-hydroxylation sites is 1. The molecule has 4 aromatic rings. The first kappa shape index (κ1) is 20.1. The van der Waals surface area contributed by atoms with E-state index in [4.69, 9.17) is 0 Å². The van der Waals surface area contributed by atoms with Crippen LogP contribution in [0.2, 0.25) is 0 Å². The van der Waals surface area contributed by atoms with E-state index in [1.165, 1.54) is 6.07 Å². The molecule has 0 radical (unpaired) electrons. The summed E-state index contributed by atoms with van der Waals surface area (Å²) in [6.45, 7) is 3.97. The van der Waals surface area contributed by atoms with Crippen LogP contribution in [0.1, 0.15) is 17.0 Å². The second-order valence-corrected chi connectivity index (χ2v) is 7.23. The van der Waals surface area contributed by atoms with Crippen LogP contribution in [0.3, 0.4) is 0 Å². The predicted molar refractivity (Wildman–Crippen MR) is 125 cm³/mol. The third kappa shape index (κ3) is 4.53. The van der Waals surface area contributed by atoms with Gasteiger partial charge in [0, 0.05) is 46.7 Å². The lowest BCUT2D eigenvalue weighted by Gasteiger charge is -2.09. The highest BCUT2D eigenvalue weighted by Crippen LogP contribution is 2.24. The van der Waals surface area contributed by atoms with E-state index in [0.29, 0.717) is 0 Å². The molecule has 0 aliphatic carbocycles. The van der Waals surface area contributed by atoms with Gasteiger partial charge in [-0.1, -0.05) is 24.3 Å². The van der Waals surface area contributed by atoms with Gasteiger partial charge in [-0.25, -0.2) is 0 Å². The van der Waals surface area contributed by atoms with E-state index in [9.17, 15) is 10.1 Å². The molecule has 0 saturated carbocycles. The van der Waals surface area contributed by atoms with Crippen molar-refractivity contribution in [3.63, 3.8) is 0 Å². The molecule has 3 aromatic carbocycles. The molecule has 6 nitrogen and oxygen atoms in total. The maximum absolute atomic E-state index is 11.1. The minimum Gasteiger partial charge on any atom is -0.356 e. The number of benzene rings is 3. The van der Waals surface area contributed by atoms with Gasteiger partial charge in [-0.05, 0) is 62.4 Å². The summed E-state index contributed by atoms with van der Waals surface area (Å²) in [5, 5.41) is 14.5. The lowest BCUT2D eigenvalue weighted by molar-refractivity contribution is -0.384. The number of rotatable bonds is 6. The number of aromatic nitrogens is 1. The van der Waals surface area contributed by atoms with E-state index < -0.39 is 0 Å². The zero-order valence-electron chi connectivity index (χ0n) is 17.3. The van der Waals surface area contributed by atoms with Crippen LogP contribution in [0.15, 0.2) is 89.9 Å². The average molecular weight is 410 g/mol. The lowest BCUT2D eigenvalue weighted by Crippen LogP contribution is -2.00. The molecule has 0 aliphatic rings. The van der Waals surface area contributed by atoms with E-state index in [-0.39, 0.29) is 10.6 Å². The highest BCUT2D eigenvalue weighted by Gasteiger charge is 2.12. The molecule has 31 heavy (non-hydrogen) atoms. The number of nitrogens with zero attached hydrogens (tertiary/aromatic N) is 3. The van der Waals surface area contributed by atoms with Gasteiger partial charge in [0.25, 0.3) is 5.69 Å². The van der Waals surface area contributed by atoms with Crippen molar-refractivity contribution in [1.82, 2.24) is 4.57 Å². The minimum atomic E-state index is -0.379. The van der Waals surface area contributed by atoms with Crippen molar-refractivity contribution in [2.45, 2.75) is 13.8 Å². The maximum Gasteiger partial charge on any atom is 0.271 e. The van der Waals surface area contributed by atoms with Crippen LogP contribution in [0.5, 0.6) is 0 Å².